The van der Waals surface area contributed by atoms with E-state index in [9.17, 15) is 4.79 Å². The van der Waals surface area contributed by atoms with Crippen molar-refractivity contribution in [3.8, 4) is 0 Å². The highest BCUT2D eigenvalue weighted by atomic mass is 32.2. The number of carbonyl (C=O) groups excluding carboxylic acids is 1. The second-order valence-electron chi connectivity index (χ2n) is 5.11. The Hall–Kier alpha value is -0.710. The first-order valence-corrected chi connectivity index (χ1v) is 7.38. The fourth-order valence-corrected chi connectivity index (χ4v) is 3.73. The predicted octanol–water partition coefficient (Wildman–Crippen LogP) is 1.50. The molecule has 1 saturated carbocycles. The molecule has 3 N–H and O–H groups in total. The first-order chi connectivity index (χ1) is 8.20. The SMILES string of the molecule is NC(=O)CCCNC1=NCC2(CCCC2)CS1. The fourth-order valence-electron chi connectivity index (χ4n) is 2.54. The van der Waals surface area contributed by atoms with Crippen molar-refractivity contribution in [3.05, 3.63) is 0 Å². The van der Waals surface area contributed by atoms with Gasteiger partial charge in [-0.15, -0.1) is 0 Å². The van der Waals surface area contributed by atoms with Gasteiger partial charge in [0.1, 0.15) is 0 Å². The summed E-state index contributed by atoms with van der Waals surface area (Å²) in [4.78, 5) is 15.2. The van der Waals surface area contributed by atoms with Crippen molar-refractivity contribution in [2.45, 2.75) is 38.5 Å². The lowest BCUT2D eigenvalue weighted by Crippen LogP contribution is -2.34. The maximum atomic E-state index is 10.6. The molecule has 0 aromatic carbocycles. The Labute approximate surface area is 107 Å². The maximum absolute atomic E-state index is 10.6. The number of amides is 1. The van der Waals surface area contributed by atoms with Gasteiger partial charge in [0.2, 0.25) is 5.91 Å². The van der Waals surface area contributed by atoms with Crippen molar-refractivity contribution < 1.29 is 4.79 Å². The van der Waals surface area contributed by atoms with E-state index in [2.05, 4.69) is 10.3 Å². The third-order valence-electron chi connectivity index (χ3n) is 3.61. The lowest BCUT2D eigenvalue weighted by Gasteiger charge is -2.31. The number of nitrogens with zero attached hydrogens (tertiary/aromatic N) is 1. The molecule has 1 fully saturated rings. The van der Waals surface area contributed by atoms with E-state index < -0.39 is 0 Å². The topological polar surface area (TPSA) is 67.5 Å². The lowest BCUT2D eigenvalue weighted by molar-refractivity contribution is -0.118. The van der Waals surface area contributed by atoms with Crippen LogP contribution in [0.1, 0.15) is 38.5 Å². The van der Waals surface area contributed by atoms with E-state index in [4.69, 9.17) is 5.73 Å². The van der Waals surface area contributed by atoms with E-state index in [1.54, 1.807) is 0 Å². The molecule has 0 aromatic rings. The Kier molecular flexibility index (Phi) is 4.31. The highest BCUT2D eigenvalue weighted by molar-refractivity contribution is 8.13. The van der Waals surface area contributed by atoms with Gasteiger partial charge in [-0.1, -0.05) is 24.6 Å². The third-order valence-corrected chi connectivity index (χ3v) is 4.92. The van der Waals surface area contributed by atoms with Crippen LogP contribution in [0.15, 0.2) is 4.99 Å². The number of carbonyl (C=O) groups is 1. The summed E-state index contributed by atoms with van der Waals surface area (Å²) in [5.41, 5.74) is 5.59. The van der Waals surface area contributed by atoms with E-state index in [1.807, 2.05) is 11.8 Å². The van der Waals surface area contributed by atoms with Crippen molar-refractivity contribution in [2.24, 2.45) is 16.1 Å². The zero-order valence-electron chi connectivity index (χ0n) is 10.2. The molecule has 1 heterocycles. The second kappa shape index (κ2) is 5.76. The van der Waals surface area contributed by atoms with Gasteiger partial charge in [0.25, 0.3) is 0 Å². The Morgan fingerprint density at radius 3 is 2.82 bits per heavy atom. The molecule has 4 nitrogen and oxygen atoms in total. The van der Waals surface area contributed by atoms with Crippen LogP contribution >= 0.6 is 11.8 Å². The van der Waals surface area contributed by atoms with Crippen LogP contribution in [0.4, 0.5) is 0 Å². The molecule has 1 spiro atoms. The van der Waals surface area contributed by atoms with Crippen LogP contribution in [-0.2, 0) is 4.79 Å². The van der Waals surface area contributed by atoms with Gasteiger partial charge in [-0.3, -0.25) is 9.79 Å². The van der Waals surface area contributed by atoms with Crippen LogP contribution in [0.25, 0.3) is 0 Å². The fraction of sp³-hybridized carbons (Fsp3) is 0.833. The molecule has 2 rings (SSSR count). The van der Waals surface area contributed by atoms with Gasteiger partial charge in [-0.2, -0.15) is 0 Å². The van der Waals surface area contributed by atoms with E-state index in [-0.39, 0.29) is 5.91 Å². The first-order valence-electron chi connectivity index (χ1n) is 6.40. The van der Waals surface area contributed by atoms with E-state index in [0.29, 0.717) is 11.8 Å². The predicted molar refractivity (Wildman–Crippen MR) is 72.1 cm³/mol. The smallest absolute Gasteiger partial charge is 0.217 e. The number of nitrogens with two attached hydrogens (primary N) is 1. The van der Waals surface area contributed by atoms with Gasteiger partial charge < -0.3 is 11.1 Å². The van der Waals surface area contributed by atoms with Crippen LogP contribution in [0.5, 0.6) is 0 Å². The maximum Gasteiger partial charge on any atom is 0.217 e. The van der Waals surface area contributed by atoms with Gasteiger partial charge in [0.05, 0.1) is 0 Å². The summed E-state index contributed by atoms with van der Waals surface area (Å²) in [6.07, 6.45) is 6.68. The number of hydrogen-bond acceptors (Lipinski definition) is 4. The van der Waals surface area contributed by atoms with Gasteiger partial charge in [-0.25, -0.2) is 0 Å². The molecule has 96 valence electrons. The molecule has 0 radical (unpaired) electrons. The van der Waals surface area contributed by atoms with Crippen molar-refractivity contribution in [2.75, 3.05) is 18.8 Å². The van der Waals surface area contributed by atoms with Crippen molar-refractivity contribution in [1.82, 2.24) is 5.32 Å². The first kappa shape index (κ1) is 12.7. The largest absolute Gasteiger partial charge is 0.370 e. The van der Waals surface area contributed by atoms with Crippen LogP contribution in [-0.4, -0.2) is 29.9 Å². The average Bonchev–Trinajstić information content (AvgIpc) is 2.75. The summed E-state index contributed by atoms with van der Waals surface area (Å²) < 4.78 is 0. The standard InChI is InChI=1S/C12H21N3OS/c13-10(16)4-3-7-14-11-15-8-12(9-17-11)5-1-2-6-12/h1-9H2,(H2,13,16)(H,14,15). The van der Waals surface area contributed by atoms with Crippen LogP contribution in [0, 0.1) is 5.41 Å². The van der Waals surface area contributed by atoms with Gasteiger partial charge in [-0.05, 0) is 24.7 Å². The summed E-state index contributed by atoms with van der Waals surface area (Å²) >= 11 is 1.84. The number of primary amides is 1. The average molecular weight is 255 g/mol. The molecule has 5 heteroatoms. The van der Waals surface area contributed by atoms with Crippen LogP contribution < -0.4 is 11.1 Å². The molecule has 0 atom stereocenters. The lowest BCUT2D eigenvalue weighted by atomic mass is 9.89. The molecular formula is C12H21N3OS. The number of amidine groups is 1. The minimum absolute atomic E-state index is 0.227. The summed E-state index contributed by atoms with van der Waals surface area (Å²) in [5, 5.41) is 4.34. The number of hydrogen-bond donors (Lipinski definition) is 2. The van der Waals surface area contributed by atoms with E-state index in [1.165, 1.54) is 31.4 Å². The highest BCUT2D eigenvalue weighted by Gasteiger charge is 2.36. The van der Waals surface area contributed by atoms with E-state index in [0.717, 1.165) is 24.7 Å². The minimum Gasteiger partial charge on any atom is -0.370 e. The molecule has 1 amide bonds. The summed E-state index contributed by atoms with van der Waals surface area (Å²) in [6, 6.07) is 0. The Morgan fingerprint density at radius 2 is 2.24 bits per heavy atom. The number of nitrogens with one attached hydrogen (secondary N) is 1. The zero-order chi connectivity index (χ0) is 12.1. The molecular weight excluding hydrogens is 234 g/mol. The molecule has 0 bridgehead atoms. The number of thioether (sulfide) groups is 1. The van der Waals surface area contributed by atoms with Crippen molar-refractivity contribution in [1.29, 1.82) is 0 Å². The Morgan fingerprint density at radius 1 is 1.47 bits per heavy atom. The highest BCUT2D eigenvalue weighted by Crippen LogP contribution is 2.43. The number of aliphatic imine (C=N–C) groups is 1. The van der Waals surface area contributed by atoms with Crippen molar-refractivity contribution in [3.63, 3.8) is 0 Å². The number of rotatable bonds is 4. The molecule has 1 aliphatic carbocycles. The second-order valence-corrected chi connectivity index (χ2v) is 6.08. The monoisotopic (exact) mass is 255 g/mol. The quantitative estimate of drug-likeness (QED) is 0.748. The van der Waals surface area contributed by atoms with E-state index >= 15 is 0 Å². The van der Waals surface area contributed by atoms with Gasteiger partial charge in [0.15, 0.2) is 5.17 Å². The Balaban J connectivity index is 1.69. The molecule has 1 aliphatic heterocycles. The molecule has 0 aromatic heterocycles. The van der Waals surface area contributed by atoms with Crippen LogP contribution in [0.2, 0.25) is 0 Å². The molecule has 0 unspecified atom stereocenters. The minimum atomic E-state index is -0.227. The zero-order valence-corrected chi connectivity index (χ0v) is 11.0. The summed E-state index contributed by atoms with van der Waals surface area (Å²) in [7, 11) is 0. The normalized spacial score (nSPS) is 22.5. The molecule has 0 saturated heterocycles. The molecule has 17 heavy (non-hydrogen) atoms. The molecule has 2 aliphatic rings. The third kappa shape index (κ3) is 3.63. The van der Waals surface area contributed by atoms with Gasteiger partial charge in [0, 0.05) is 25.3 Å². The van der Waals surface area contributed by atoms with Crippen LogP contribution in [0.3, 0.4) is 0 Å². The summed E-state index contributed by atoms with van der Waals surface area (Å²) in [6.45, 7) is 1.78. The summed E-state index contributed by atoms with van der Waals surface area (Å²) in [5.74, 6) is 0.976. The van der Waals surface area contributed by atoms with Crippen molar-refractivity contribution >= 4 is 22.8 Å². The van der Waals surface area contributed by atoms with Gasteiger partial charge >= 0.3 is 0 Å². The Bertz CT molecular complexity index is 311.